The zero-order valence-electron chi connectivity index (χ0n) is 14.2. The minimum atomic E-state index is 0.419. The summed E-state index contributed by atoms with van der Waals surface area (Å²) in [4.78, 5) is 0. The third-order valence-electron chi connectivity index (χ3n) is 4.87. The van der Waals surface area contributed by atoms with Crippen LogP contribution >= 0.6 is 0 Å². The van der Waals surface area contributed by atoms with Gasteiger partial charge in [-0.25, -0.2) is 4.68 Å². The molecule has 0 bridgehead atoms. The maximum atomic E-state index is 4.29. The van der Waals surface area contributed by atoms with Crippen LogP contribution in [0.4, 0.5) is 0 Å². The van der Waals surface area contributed by atoms with Crippen LogP contribution in [-0.4, -0.2) is 21.5 Å². The Morgan fingerprint density at radius 2 is 2.00 bits per heavy atom. The number of hydrogen-bond acceptors (Lipinski definition) is 3. The molecule has 1 unspecified atom stereocenters. The van der Waals surface area contributed by atoms with E-state index >= 15 is 0 Å². The van der Waals surface area contributed by atoms with Gasteiger partial charge in [0.1, 0.15) is 0 Å². The summed E-state index contributed by atoms with van der Waals surface area (Å²) in [7, 11) is 0. The van der Waals surface area contributed by atoms with Gasteiger partial charge in [0.15, 0.2) is 0 Å². The van der Waals surface area contributed by atoms with Gasteiger partial charge >= 0.3 is 0 Å². The lowest BCUT2D eigenvalue weighted by molar-refractivity contribution is 0.158. The van der Waals surface area contributed by atoms with E-state index in [1.54, 1.807) is 0 Å². The maximum Gasteiger partial charge on any atom is 0.0759 e. The molecule has 2 rings (SSSR count). The van der Waals surface area contributed by atoms with Gasteiger partial charge in [-0.2, -0.15) is 0 Å². The van der Waals surface area contributed by atoms with Crippen molar-refractivity contribution in [3.05, 3.63) is 11.9 Å². The molecule has 1 heterocycles. The second kappa shape index (κ2) is 7.39. The monoisotopic (exact) mass is 292 g/mol. The number of nitrogens with one attached hydrogen (secondary N) is 1. The zero-order chi connectivity index (χ0) is 15.3. The van der Waals surface area contributed by atoms with Crippen LogP contribution in [0.3, 0.4) is 0 Å². The molecule has 1 aromatic heterocycles. The second-order valence-corrected chi connectivity index (χ2v) is 7.32. The molecule has 4 heteroatoms. The first-order valence-electron chi connectivity index (χ1n) is 8.69. The average Bonchev–Trinajstić information content (AvgIpc) is 2.89. The van der Waals surface area contributed by atoms with Crippen LogP contribution in [0.25, 0.3) is 0 Å². The zero-order valence-corrected chi connectivity index (χ0v) is 14.2. The van der Waals surface area contributed by atoms with Crippen LogP contribution in [0.5, 0.6) is 0 Å². The Morgan fingerprint density at radius 1 is 1.29 bits per heavy atom. The summed E-state index contributed by atoms with van der Waals surface area (Å²) in [6.45, 7) is 11.3. The molecule has 4 nitrogen and oxygen atoms in total. The Labute approximate surface area is 129 Å². The van der Waals surface area contributed by atoms with Crippen LogP contribution in [0.1, 0.15) is 78.0 Å². The standard InChI is InChI=1S/C17H32N4/c1-5-11-18-16(14-7-9-17(3,4)10-8-14)15-13-19-20-21(15)12-6-2/h13-14,16,18H,5-12H2,1-4H3. The van der Waals surface area contributed by atoms with Gasteiger partial charge in [0.2, 0.25) is 0 Å². The van der Waals surface area contributed by atoms with Gasteiger partial charge in [-0.3, -0.25) is 0 Å². The molecule has 21 heavy (non-hydrogen) atoms. The topological polar surface area (TPSA) is 42.7 Å². The average molecular weight is 292 g/mol. The van der Waals surface area contributed by atoms with E-state index in [9.17, 15) is 0 Å². The fourth-order valence-corrected chi connectivity index (χ4v) is 3.46. The van der Waals surface area contributed by atoms with Crippen LogP contribution in [-0.2, 0) is 6.54 Å². The van der Waals surface area contributed by atoms with Crippen molar-refractivity contribution in [2.45, 2.75) is 78.8 Å². The first-order chi connectivity index (χ1) is 10.1. The van der Waals surface area contributed by atoms with Crippen molar-refractivity contribution < 1.29 is 0 Å². The Kier molecular flexibility index (Phi) is 5.80. The SMILES string of the molecule is CCCNC(c1cnnn1CCC)C1CCC(C)(C)CC1. The molecule has 0 amide bonds. The Balaban J connectivity index is 2.12. The van der Waals surface area contributed by atoms with Crippen molar-refractivity contribution in [2.75, 3.05) is 6.54 Å². The van der Waals surface area contributed by atoms with Gasteiger partial charge in [-0.1, -0.05) is 32.9 Å². The molecular weight excluding hydrogens is 260 g/mol. The summed E-state index contributed by atoms with van der Waals surface area (Å²) in [6.07, 6.45) is 9.54. The highest BCUT2D eigenvalue weighted by Crippen LogP contribution is 2.42. The van der Waals surface area contributed by atoms with E-state index in [0.717, 1.165) is 25.4 Å². The number of rotatable bonds is 7. The van der Waals surface area contributed by atoms with Crippen LogP contribution in [0.2, 0.25) is 0 Å². The Hall–Kier alpha value is -0.900. The second-order valence-electron chi connectivity index (χ2n) is 7.32. The first-order valence-corrected chi connectivity index (χ1v) is 8.69. The van der Waals surface area contributed by atoms with Crippen molar-refractivity contribution in [1.82, 2.24) is 20.3 Å². The van der Waals surface area contributed by atoms with Gasteiger partial charge in [0.05, 0.1) is 17.9 Å². The molecule has 1 saturated carbocycles. The minimum absolute atomic E-state index is 0.419. The van der Waals surface area contributed by atoms with E-state index in [1.807, 2.05) is 6.20 Å². The number of nitrogens with zero attached hydrogens (tertiary/aromatic N) is 3. The van der Waals surface area contributed by atoms with Crippen molar-refractivity contribution >= 4 is 0 Å². The quantitative estimate of drug-likeness (QED) is 0.827. The molecule has 1 aromatic rings. The van der Waals surface area contributed by atoms with E-state index in [1.165, 1.54) is 37.8 Å². The third kappa shape index (κ3) is 4.29. The molecular formula is C17H32N4. The summed E-state index contributed by atoms with van der Waals surface area (Å²) in [5.74, 6) is 0.721. The predicted octanol–water partition coefficient (Wildman–Crippen LogP) is 3.95. The van der Waals surface area contributed by atoms with Crippen molar-refractivity contribution in [3.8, 4) is 0 Å². The minimum Gasteiger partial charge on any atom is -0.308 e. The number of aromatic nitrogens is 3. The first kappa shape index (κ1) is 16.5. The predicted molar refractivity (Wildman–Crippen MR) is 87.1 cm³/mol. The van der Waals surface area contributed by atoms with Crippen LogP contribution in [0.15, 0.2) is 6.20 Å². The fraction of sp³-hybridized carbons (Fsp3) is 0.882. The normalized spacial score (nSPS) is 20.6. The highest BCUT2D eigenvalue weighted by atomic mass is 15.4. The van der Waals surface area contributed by atoms with E-state index in [-0.39, 0.29) is 0 Å². The molecule has 0 aliphatic heterocycles. The lowest BCUT2D eigenvalue weighted by Gasteiger charge is -2.38. The highest BCUT2D eigenvalue weighted by Gasteiger charge is 2.33. The summed E-state index contributed by atoms with van der Waals surface area (Å²) < 4.78 is 2.10. The van der Waals surface area contributed by atoms with Gasteiger partial charge in [-0.05, 0) is 56.4 Å². The molecule has 0 spiro atoms. The molecule has 0 saturated heterocycles. The molecule has 1 aliphatic carbocycles. The molecule has 1 aliphatic rings. The lowest BCUT2D eigenvalue weighted by atomic mass is 9.70. The van der Waals surface area contributed by atoms with Crippen molar-refractivity contribution in [2.24, 2.45) is 11.3 Å². The smallest absolute Gasteiger partial charge is 0.0759 e. The Morgan fingerprint density at radius 3 is 2.62 bits per heavy atom. The van der Waals surface area contributed by atoms with E-state index < -0.39 is 0 Å². The largest absolute Gasteiger partial charge is 0.308 e. The van der Waals surface area contributed by atoms with Crippen molar-refractivity contribution in [1.29, 1.82) is 0 Å². The lowest BCUT2D eigenvalue weighted by Crippen LogP contribution is -2.34. The molecule has 120 valence electrons. The van der Waals surface area contributed by atoms with Gasteiger partial charge < -0.3 is 5.32 Å². The number of hydrogen-bond donors (Lipinski definition) is 1. The van der Waals surface area contributed by atoms with E-state index in [0.29, 0.717) is 11.5 Å². The Bertz CT molecular complexity index is 414. The van der Waals surface area contributed by atoms with E-state index in [2.05, 4.69) is 48.0 Å². The van der Waals surface area contributed by atoms with Gasteiger partial charge in [0, 0.05) is 6.54 Å². The van der Waals surface area contributed by atoms with E-state index in [4.69, 9.17) is 0 Å². The molecule has 1 fully saturated rings. The summed E-state index contributed by atoms with van der Waals surface area (Å²) in [6, 6.07) is 0.419. The number of aryl methyl sites for hydroxylation is 1. The van der Waals surface area contributed by atoms with Gasteiger partial charge in [-0.15, -0.1) is 5.10 Å². The van der Waals surface area contributed by atoms with Crippen LogP contribution < -0.4 is 5.32 Å². The maximum absolute atomic E-state index is 4.29. The molecule has 0 radical (unpaired) electrons. The summed E-state index contributed by atoms with van der Waals surface area (Å²) in [5, 5.41) is 12.2. The molecule has 0 aromatic carbocycles. The molecule has 1 atom stereocenters. The fourth-order valence-electron chi connectivity index (χ4n) is 3.46. The molecule has 1 N–H and O–H groups in total. The summed E-state index contributed by atoms with van der Waals surface area (Å²) in [5.41, 5.74) is 1.81. The summed E-state index contributed by atoms with van der Waals surface area (Å²) >= 11 is 0. The van der Waals surface area contributed by atoms with Gasteiger partial charge in [0.25, 0.3) is 0 Å². The van der Waals surface area contributed by atoms with Crippen molar-refractivity contribution in [3.63, 3.8) is 0 Å². The highest BCUT2D eigenvalue weighted by molar-refractivity contribution is 5.05. The van der Waals surface area contributed by atoms with Crippen LogP contribution in [0, 0.1) is 11.3 Å². The third-order valence-corrected chi connectivity index (χ3v) is 4.87.